The molecule has 0 aliphatic rings. The molecule has 0 atom stereocenters. The van der Waals surface area contributed by atoms with E-state index in [0.29, 0.717) is 11.7 Å². The summed E-state index contributed by atoms with van der Waals surface area (Å²) in [5, 5.41) is 10.5. The van der Waals surface area contributed by atoms with E-state index < -0.39 is 0 Å². The van der Waals surface area contributed by atoms with E-state index in [-0.39, 0.29) is 6.03 Å². The first-order valence-corrected chi connectivity index (χ1v) is 10.0. The maximum Gasteiger partial charge on any atom is 0.324 e. The number of hydrogen-bond acceptors (Lipinski definition) is 2. The zero-order valence-corrected chi connectivity index (χ0v) is 17.0. The summed E-state index contributed by atoms with van der Waals surface area (Å²) >= 11 is 5.98. The topological polar surface area (TPSA) is 59.0 Å². The van der Waals surface area contributed by atoms with Gasteiger partial charge in [0, 0.05) is 17.6 Å². The quantitative estimate of drug-likeness (QED) is 0.488. The molecule has 3 aromatic rings. The molecular formula is C22H25ClN4O. The second-order valence-corrected chi connectivity index (χ2v) is 7.05. The van der Waals surface area contributed by atoms with Gasteiger partial charge in [-0.25, -0.2) is 9.48 Å². The number of aryl methyl sites for hydroxylation is 2. The van der Waals surface area contributed by atoms with Crippen molar-refractivity contribution in [2.24, 2.45) is 0 Å². The lowest BCUT2D eigenvalue weighted by Gasteiger charge is -2.11. The molecule has 1 aromatic heterocycles. The van der Waals surface area contributed by atoms with Crippen LogP contribution in [0.4, 0.5) is 16.3 Å². The number of aromatic nitrogens is 2. The summed E-state index contributed by atoms with van der Waals surface area (Å²) in [5.74, 6) is 1.05. The molecule has 2 amide bonds. The van der Waals surface area contributed by atoms with Crippen LogP contribution in [0.2, 0.25) is 0 Å². The van der Waals surface area contributed by atoms with Crippen molar-refractivity contribution in [3.8, 4) is 5.69 Å². The SMILES string of the molecule is CCCCc1cc(NC(=O)Nc2ccc(C)cc2)n(-c2cccc(CCl)c2)n1. The number of halogens is 1. The number of urea groups is 1. The number of nitrogens with one attached hydrogen (secondary N) is 2. The van der Waals surface area contributed by atoms with E-state index in [1.54, 1.807) is 4.68 Å². The summed E-state index contributed by atoms with van der Waals surface area (Å²) < 4.78 is 1.76. The summed E-state index contributed by atoms with van der Waals surface area (Å²) in [6.07, 6.45) is 3.01. The predicted molar refractivity (Wildman–Crippen MR) is 116 cm³/mol. The highest BCUT2D eigenvalue weighted by Crippen LogP contribution is 2.21. The minimum atomic E-state index is -0.305. The molecule has 1 heterocycles. The van der Waals surface area contributed by atoms with Crippen LogP contribution in [0.25, 0.3) is 5.69 Å². The molecule has 0 aliphatic carbocycles. The number of alkyl halides is 1. The molecule has 0 unspecified atom stereocenters. The van der Waals surface area contributed by atoms with Gasteiger partial charge in [0.15, 0.2) is 0 Å². The minimum Gasteiger partial charge on any atom is -0.308 e. The van der Waals surface area contributed by atoms with Crippen molar-refractivity contribution in [1.29, 1.82) is 0 Å². The van der Waals surface area contributed by atoms with Crippen molar-refractivity contribution in [2.45, 2.75) is 39.0 Å². The summed E-state index contributed by atoms with van der Waals surface area (Å²) in [6, 6.07) is 17.1. The van der Waals surface area contributed by atoms with Crippen molar-refractivity contribution in [2.75, 3.05) is 10.6 Å². The van der Waals surface area contributed by atoms with Crippen LogP contribution in [-0.2, 0) is 12.3 Å². The first-order chi connectivity index (χ1) is 13.6. The Balaban J connectivity index is 1.84. The molecule has 3 rings (SSSR count). The largest absolute Gasteiger partial charge is 0.324 e. The van der Waals surface area contributed by atoms with Gasteiger partial charge in [0.2, 0.25) is 0 Å². The Morgan fingerprint density at radius 3 is 2.61 bits per heavy atom. The molecule has 6 heteroatoms. The average molecular weight is 397 g/mol. The minimum absolute atomic E-state index is 0.305. The number of rotatable bonds is 7. The van der Waals surface area contributed by atoms with Gasteiger partial charge < -0.3 is 5.32 Å². The molecule has 2 N–H and O–H groups in total. The number of carbonyl (C=O) groups is 1. The van der Waals surface area contributed by atoms with Crippen LogP contribution >= 0.6 is 11.6 Å². The van der Waals surface area contributed by atoms with E-state index >= 15 is 0 Å². The molecule has 0 aliphatic heterocycles. The monoisotopic (exact) mass is 396 g/mol. The Labute approximate surface area is 170 Å². The Morgan fingerprint density at radius 1 is 1.11 bits per heavy atom. The molecule has 0 saturated carbocycles. The van der Waals surface area contributed by atoms with E-state index in [4.69, 9.17) is 16.7 Å². The Kier molecular flexibility index (Phi) is 6.71. The van der Waals surface area contributed by atoms with Crippen molar-refractivity contribution in [1.82, 2.24) is 9.78 Å². The molecule has 5 nitrogen and oxygen atoms in total. The summed E-state index contributed by atoms with van der Waals surface area (Å²) in [4.78, 5) is 12.5. The maximum absolute atomic E-state index is 12.5. The lowest BCUT2D eigenvalue weighted by Crippen LogP contribution is -2.21. The third-order valence-corrected chi connectivity index (χ3v) is 4.72. The Bertz CT molecular complexity index is 934. The third-order valence-electron chi connectivity index (χ3n) is 4.41. The van der Waals surface area contributed by atoms with Gasteiger partial charge in [-0.1, -0.05) is 43.2 Å². The molecule has 0 bridgehead atoms. The van der Waals surface area contributed by atoms with Crippen LogP contribution in [-0.4, -0.2) is 15.8 Å². The lowest BCUT2D eigenvalue weighted by molar-refractivity contribution is 0.262. The number of hydrogen-bond donors (Lipinski definition) is 2. The van der Waals surface area contributed by atoms with Crippen LogP contribution in [0.1, 0.15) is 36.6 Å². The number of benzene rings is 2. The van der Waals surface area contributed by atoms with E-state index in [9.17, 15) is 4.79 Å². The van der Waals surface area contributed by atoms with Crippen LogP contribution in [0, 0.1) is 6.92 Å². The molecule has 0 spiro atoms. The van der Waals surface area contributed by atoms with E-state index in [0.717, 1.165) is 47.5 Å². The van der Waals surface area contributed by atoms with Crippen molar-refractivity contribution in [3.63, 3.8) is 0 Å². The zero-order chi connectivity index (χ0) is 19.9. The van der Waals surface area contributed by atoms with Crippen LogP contribution in [0.15, 0.2) is 54.6 Å². The number of unbranched alkanes of at least 4 members (excludes halogenated alkanes) is 1. The highest BCUT2D eigenvalue weighted by molar-refractivity contribution is 6.17. The van der Waals surface area contributed by atoms with Gasteiger partial charge in [0.25, 0.3) is 0 Å². The second-order valence-electron chi connectivity index (χ2n) is 6.78. The smallest absolute Gasteiger partial charge is 0.308 e. The first kappa shape index (κ1) is 20.0. The van der Waals surface area contributed by atoms with Gasteiger partial charge >= 0.3 is 6.03 Å². The molecule has 28 heavy (non-hydrogen) atoms. The number of nitrogens with zero attached hydrogens (tertiary/aromatic N) is 2. The van der Waals surface area contributed by atoms with Gasteiger partial charge in [0.05, 0.1) is 11.4 Å². The summed E-state index contributed by atoms with van der Waals surface area (Å²) in [6.45, 7) is 4.16. The predicted octanol–water partition coefficient (Wildman–Crippen LogP) is 5.91. The lowest BCUT2D eigenvalue weighted by atomic mass is 10.2. The van der Waals surface area contributed by atoms with Gasteiger partial charge in [-0.2, -0.15) is 5.10 Å². The van der Waals surface area contributed by atoms with E-state index in [2.05, 4.69) is 17.6 Å². The fourth-order valence-corrected chi connectivity index (χ4v) is 3.05. The average Bonchev–Trinajstić information content (AvgIpc) is 3.10. The highest BCUT2D eigenvalue weighted by Gasteiger charge is 2.13. The molecular weight excluding hydrogens is 372 g/mol. The van der Waals surface area contributed by atoms with Gasteiger partial charge in [-0.05, 0) is 49.6 Å². The third kappa shape index (κ3) is 5.14. The first-order valence-electron chi connectivity index (χ1n) is 9.48. The Hall–Kier alpha value is -2.79. The van der Waals surface area contributed by atoms with E-state index in [1.807, 2.05) is 61.5 Å². The van der Waals surface area contributed by atoms with Gasteiger partial charge in [-0.15, -0.1) is 11.6 Å². The second kappa shape index (κ2) is 9.42. The van der Waals surface area contributed by atoms with Gasteiger partial charge in [-0.3, -0.25) is 5.32 Å². The van der Waals surface area contributed by atoms with Crippen molar-refractivity contribution < 1.29 is 4.79 Å². The molecule has 0 radical (unpaired) electrons. The highest BCUT2D eigenvalue weighted by atomic mass is 35.5. The maximum atomic E-state index is 12.5. The van der Waals surface area contributed by atoms with Crippen molar-refractivity contribution >= 4 is 29.1 Å². The molecule has 146 valence electrons. The summed E-state index contributed by atoms with van der Waals surface area (Å²) in [5.41, 5.74) is 4.70. The fourth-order valence-electron chi connectivity index (χ4n) is 2.88. The summed E-state index contributed by atoms with van der Waals surface area (Å²) in [7, 11) is 0. The van der Waals surface area contributed by atoms with Gasteiger partial charge in [0.1, 0.15) is 5.82 Å². The number of anilines is 2. The fraction of sp³-hybridized carbons (Fsp3) is 0.273. The molecule has 0 saturated heterocycles. The zero-order valence-electron chi connectivity index (χ0n) is 16.2. The number of amides is 2. The van der Waals surface area contributed by atoms with Crippen molar-refractivity contribution in [3.05, 3.63) is 71.4 Å². The number of carbonyl (C=O) groups excluding carboxylic acids is 1. The molecule has 2 aromatic carbocycles. The Morgan fingerprint density at radius 2 is 1.89 bits per heavy atom. The standard InChI is InChI=1S/C22H25ClN4O/c1-3-4-7-19-14-21(25-22(28)24-18-11-9-16(2)10-12-18)27(26-19)20-8-5-6-17(13-20)15-23/h5-6,8-14H,3-4,7,15H2,1-2H3,(H2,24,25,28). The van der Waals surface area contributed by atoms with Crippen LogP contribution in [0.5, 0.6) is 0 Å². The normalized spacial score (nSPS) is 10.7. The van der Waals surface area contributed by atoms with Crippen LogP contribution < -0.4 is 10.6 Å². The molecule has 0 fully saturated rings. The van der Waals surface area contributed by atoms with E-state index in [1.165, 1.54) is 0 Å². The van der Waals surface area contributed by atoms with Crippen LogP contribution in [0.3, 0.4) is 0 Å².